The highest BCUT2D eigenvalue weighted by atomic mass is 16.3. The topological polar surface area (TPSA) is 60.7 Å². The van der Waals surface area contributed by atoms with Crippen LogP contribution in [0.15, 0.2) is 72.8 Å². The normalized spacial score (nSPS) is 12.9. The number of phenolic OH excluding ortho intramolecular Hbond substituents is 3. The largest absolute Gasteiger partial charge is 0.508 e. The third-order valence-corrected chi connectivity index (χ3v) is 6.21. The van der Waals surface area contributed by atoms with Gasteiger partial charge in [-0.05, 0) is 84.0 Å². The number of aromatic hydroxyl groups is 3. The Hall–Kier alpha value is -2.94. The van der Waals surface area contributed by atoms with Crippen molar-refractivity contribution in [1.82, 2.24) is 0 Å². The maximum absolute atomic E-state index is 9.41. The molecule has 180 valence electrons. The number of hydrogen-bond acceptors (Lipinski definition) is 3. The van der Waals surface area contributed by atoms with Crippen LogP contribution in [0.25, 0.3) is 0 Å². The van der Waals surface area contributed by atoms with E-state index in [9.17, 15) is 5.11 Å². The van der Waals surface area contributed by atoms with E-state index in [1.807, 2.05) is 48.5 Å². The third-order valence-electron chi connectivity index (χ3n) is 6.21. The first-order valence-corrected chi connectivity index (χ1v) is 12.1. The van der Waals surface area contributed by atoms with Crippen LogP contribution in [0, 0.1) is 0 Å². The lowest BCUT2D eigenvalue weighted by atomic mass is 9.98. The van der Waals surface area contributed by atoms with E-state index in [0.29, 0.717) is 35.0 Å². The lowest BCUT2D eigenvalue weighted by molar-refractivity contribution is 0.462. The predicted molar refractivity (Wildman–Crippen MR) is 140 cm³/mol. The molecule has 3 aromatic carbocycles. The first-order chi connectivity index (χ1) is 15.7. The van der Waals surface area contributed by atoms with Crippen LogP contribution in [0.1, 0.15) is 95.2 Å². The average Bonchev–Trinajstić information content (AvgIpc) is 2.84. The van der Waals surface area contributed by atoms with Crippen molar-refractivity contribution < 1.29 is 15.3 Å². The lowest BCUT2D eigenvalue weighted by Crippen LogP contribution is -1.90. The summed E-state index contributed by atoms with van der Waals surface area (Å²) in [6.07, 6.45) is 3.33. The summed E-state index contributed by atoms with van der Waals surface area (Å²) < 4.78 is 0. The van der Waals surface area contributed by atoms with Crippen molar-refractivity contribution in [3.05, 3.63) is 89.5 Å². The summed E-state index contributed by atoms with van der Waals surface area (Å²) in [5.41, 5.74) is 3.56. The molecule has 3 heteroatoms. The van der Waals surface area contributed by atoms with Gasteiger partial charge in [0.2, 0.25) is 0 Å². The van der Waals surface area contributed by atoms with Crippen molar-refractivity contribution in [2.75, 3.05) is 0 Å². The lowest BCUT2D eigenvalue weighted by Gasteiger charge is -2.09. The van der Waals surface area contributed by atoms with Crippen LogP contribution in [0.2, 0.25) is 0 Å². The van der Waals surface area contributed by atoms with Gasteiger partial charge in [0.05, 0.1) is 0 Å². The molecule has 0 radical (unpaired) electrons. The third kappa shape index (κ3) is 10.0. The van der Waals surface area contributed by atoms with Gasteiger partial charge >= 0.3 is 0 Å². The molecule has 3 atom stereocenters. The standard InChI is InChI=1S/3C10H14O/c1-3-8(2)9-4-6-10(11)7-5-9;1-3-8(2)9-5-4-6-10(11)7-9;1-3-8(2)9-6-4-5-7-10(9)11/h3*4-8,11H,3H2,1-2H3. The second-order valence-corrected chi connectivity index (χ2v) is 8.67. The Balaban J connectivity index is 0.000000247. The molecule has 0 aliphatic carbocycles. The van der Waals surface area contributed by atoms with Crippen LogP contribution >= 0.6 is 0 Å². The summed E-state index contributed by atoms with van der Waals surface area (Å²) in [4.78, 5) is 0. The fraction of sp³-hybridized carbons (Fsp3) is 0.400. The fourth-order valence-electron chi connectivity index (χ4n) is 3.23. The van der Waals surface area contributed by atoms with E-state index in [-0.39, 0.29) is 0 Å². The van der Waals surface area contributed by atoms with Gasteiger partial charge in [0.25, 0.3) is 0 Å². The van der Waals surface area contributed by atoms with E-state index in [1.54, 1.807) is 24.3 Å². The molecular weight excluding hydrogens is 408 g/mol. The van der Waals surface area contributed by atoms with Crippen LogP contribution in [0.4, 0.5) is 0 Å². The Bertz CT molecular complexity index is 918. The summed E-state index contributed by atoms with van der Waals surface area (Å²) in [5, 5.41) is 27.6. The van der Waals surface area contributed by atoms with Crippen molar-refractivity contribution in [3.63, 3.8) is 0 Å². The molecule has 3 N–H and O–H groups in total. The molecule has 0 fully saturated rings. The van der Waals surface area contributed by atoms with E-state index in [2.05, 4.69) is 41.5 Å². The minimum atomic E-state index is 0.344. The highest BCUT2D eigenvalue weighted by Crippen LogP contribution is 2.26. The number of hydrogen-bond donors (Lipinski definition) is 3. The van der Waals surface area contributed by atoms with E-state index in [1.165, 1.54) is 11.1 Å². The molecular formula is C30H42O3. The van der Waals surface area contributed by atoms with Gasteiger partial charge in [0.15, 0.2) is 0 Å². The number of para-hydroxylation sites is 1. The SMILES string of the molecule is CCC(C)c1ccc(O)cc1.CCC(C)c1cccc(O)c1.CCC(C)c1ccccc1O. The van der Waals surface area contributed by atoms with Crippen molar-refractivity contribution in [2.24, 2.45) is 0 Å². The van der Waals surface area contributed by atoms with Crippen LogP contribution in [-0.4, -0.2) is 15.3 Å². The first-order valence-electron chi connectivity index (χ1n) is 12.1. The molecule has 0 aliphatic heterocycles. The monoisotopic (exact) mass is 450 g/mol. The zero-order valence-corrected chi connectivity index (χ0v) is 21.1. The van der Waals surface area contributed by atoms with Crippen LogP contribution < -0.4 is 0 Å². The highest BCUT2D eigenvalue weighted by Gasteiger charge is 2.06. The van der Waals surface area contributed by atoms with Crippen LogP contribution in [0.3, 0.4) is 0 Å². The number of rotatable bonds is 6. The Morgan fingerprint density at radius 3 is 1.61 bits per heavy atom. The number of benzene rings is 3. The van der Waals surface area contributed by atoms with Gasteiger partial charge in [-0.3, -0.25) is 0 Å². The summed E-state index contributed by atoms with van der Waals surface area (Å²) in [6.45, 7) is 12.9. The molecule has 0 amide bonds. The second kappa shape index (κ2) is 15.0. The quantitative estimate of drug-likeness (QED) is 0.352. The minimum Gasteiger partial charge on any atom is -0.508 e. The maximum atomic E-state index is 9.41. The molecule has 0 aliphatic rings. The number of phenols is 3. The Morgan fingerprint density at radius 1 is 0.545 bits per heavy atom. The Morgan fingerprint density at radius 2 is 1.09 bits per heavy atom. The molecule has 0 bridgehead atoms. The molecule has 3 unspecified atom stereocenters. The van der Waals surface area contributed by atoms with Gasteiger partial charge in [0.1, 0.15) is 17.2 Å². The summed E-state index contributed by atoms with van der Waals surface area (Å²) >= 11 is 0. The molecule has 3 rings (SSSR count). The highest BCUT2D eigenvalue weighted by molar-refractivity contribution is 5.34. The van der Waals surface area contributed by atoms with Crippen LogP contribution in [-0.2, 0) is 0 Å². The molecule has 0 heterocycles. The van der Waals surface area contributed by atoms with Crippen molar-refractivity contribution in [1.29, 1.82) is 0 Å². The minimum absolute atomic E-state index is 0.344. The van der Waals surface area contributed by atoms with E-state index in [4.69, 9.17) is 10.2 Å². The van der Waals surface area contributed by atoms with Crippen molar-refractivity contribution in [3.8, 4) is 17.2 Å². The van der Waals surface area contributed by atoms with Gasteiger partial charge < -0.3 is 15.3 Å². The predicted octanol–water partition coefficient (Wildman–Crippen LogP) is 8.72. The molecule has 3 aromatic rings. The molecule has 0 saturated heterocycles. The Labute approximate surface area is 200 Å². The van der Waals surface area contributed by atoms with Gasteiger partial charge in [-0.1, -0.05) is 84.0 Å². The summed E-state index contributed by atoms with van der Waals surface area (Å²) in [5.74, 6) is 2.72. The van der Waals surface area contributed by atoms with E-state index >= 15 is 0 Å². The van der Waals surface area contributed by atoms with Crippen molar-refractivity contribution in [2.45, 2.75) is 78.6 Å². The summed E-state index contributed by atoms with van der Waals surface area (Å²) in [7, 11) is 0. The molecule has 3 nitrogen and oxygen atoms in total. The average molecular weight is 451 g/mol. The van der Waals surface area contributed by atoms with E-state index in [0.717, 1.165) is 24.8 Å². The zero-order valence-electron chi connectivity index (χ0n) is 21.1. The Kier molecular flexibility index (Phi) is 12.8. The van der Waals surface area contributed by atoms with E-state index < -0.39 is 0 Å². The second-order valence-electron chi connectivity index (χ2n) is 8.67. The molecule has 0 spiro atoms. The maximum Gasteiger partial charge on any atom is 0.119 e. The molecule has 0 saturated carbocycles. The van der Waals surface area contributed by atoms with Gasteiger partial charge in [-0.15, -0.1) is 0 Å². The van der Waals surface area contributed by atoms with Gasteiger partial charge in [-0.25, -0.2) is 0 Å². The van der Waals surface area contributed by atoms with Crippen LogP contribution in [0.5, 0.6) is 17.2 Å². The van der Waals surface area contributed by atoms with Crippen molar-refractivity contribution >= 4 is 0 Å². The molecule has 33 heavy (non-hydrogen) atoms. The van der Waals surface area contributed by atoms with Gasteiger partial charge in [-0.2, -0.15) is 0 Å². The summed E-state index contributed by atoms with van der Waals surface area (Å²) in [6, 6.07) is 22.4. The molecule has 0 aromatic heterocycles. The fourth-order valence-corrected chi connectivity index (χ4v) is 3.23. The zero-order chi connectivity index (χ0) is 24.8. The first kappa shape index (κ1) is 28.1. The smallest absolute Gasteiger partial charge is 0.119 e. The van der Waals surface area contributed by atoms with Gasteiger partial charge in [0, 0.05) is 0 Å².